The van der Waals surface area contributed by atoms with Crippen molar-refractivity contribution in [2.45, 2.75) is 52.1 Å². The fourth-order valence-electron chi connectivity index (χ4n) is 2.09. The van der Waals surface area contributed by atoms with Gasteiger partial charge in [0.05, 0.1) is 17.9 Å². The van der Waals surface area contributed by atoms with Crippen LogP contribution in [0.25, 0.3) is 0 Å². The fourth-order valence-corrected chi connectivity index (χ4v) is 2.09. The molecule has 0 saturated carbocycles. The number of ether oxygens (including phenoxy) is 2. The van der Waals surface area contributed by atoms with Crippen molar-refractivity contribution in [3.8, 4) is 5.75 Å². The molecule has 0 spiro atoms. The van der Waals surface area contributed by atoms with Gasteiger partial charge in [-0.25, -0.2) is 4.79 Å². The number of nitrogen functional groups attached to an aromatic ring is 1. The Hall–Kier alpha value is -1.75. The highest BCUT2D eigenvalue weighted by Crippen LogP contribution is 2.26. The van der Waals surface area contributed by atoms with Gasteiger partial charge in [0.15, 0.2) is 0 Å². The Morgan fingerprint density at radius 1 is 1.23 bits per heavy atom. The Balaban J connectivity index is 2.87. The fraction of sp³-hybridized carbons (Fsp3) is 0.588. The molecule has 0 aliphatic heterocycles. The lowest BCUT2D eigenvalue weighted by Crippen LogP contribution is -2.41. The SMILES string of the molecule is CCCCOc1cc(C(=O)OC(CC)(CC)CN)ccc1N. The predicted octanol–water partition coefficient (Wildman–Crippen LogP) is 3.12. The number of anilines is 1. The van der Waals surface area contributed by atoms with E-state index in [1.54, 1.807) is 18.2 Å². The molecule has 5 nitrogen and oxygen atoms in total. The quantitative estimate of drug-likeness (QED) is 0.416. The molecule has 0 unspecified atom stereocenters. The van der Waals surface area contributed by atoms with Crippen LogP contribution >= 0.6 is 0 Å². The molecular formula is C17H28N2O3. The molecule has 124 valence electrons. The molecule has 1 aromatic rings. The van der Waals surface area contributed by atoms with E-state index in [0.717, 1.165) is 12.8 Å². The van der Waals surface area contributed by atoms with E-state index in [0.29, 0.717) is 43.0 Å². The zero-order chi connectivity index (χ0) is 16.6. The van der Waals surface area contributed by atoms with Crippen LogP contribution in [0.1, 0.15) is 56.8 Å². The summed E-state index contributed by atoms with van der Waals surface area (Å²) in [6, 6.07) is 4.96. The highest BCUT2D eigenvalue weighted by atomic mass is 16.6. The van der Waals surface area contributed by atoms with E-state index in [4.69, 9.17) is 20.9 Å². The zero-order valence-corrected chi connectivity index (χ0v) is 13.9. The molecule has 0 fully saturated rings. The Labute approximate surface area is 133 Å². The topological polar surface area (TPSA) is 87.6 Å². The van der Waals surface area contributed by atoms with E-state index in [1.165, 1.54) is 0 Å². The van der Waals surface area contributed by atoms with Gasteiger partial charge in [0.25, 0.3) is 0 Å². The number of hydrogen-bond donors (Lipinski definition) is 2. The van der Waals surface area contributed by atoms with Gasteiger partial charge in [-0.05, 0) is 37.5 Å². The van der Waals surface area contributed by atoms with Crippen molar-refractivity contribution in [3.63, 3.8) is 0 Å². The van der Waals surface area contributed by atoms with E-state index in [9.17, 15) is 4.79 Å². The van der Waals surface area contributed by atoms with Gasteiger partial charge in [-0.1, -0.05) is 27.2 Å². The third-order valence-electron chi connectivity index (χ3n) is 3.97. The van der Waals surface area contributed by atoms with Gasteiger partial charge in [0.1, 0.15) is 11.4 Å². The van der Waals surface area contributed by atoms with Gasteiger partial charge in [0.2, 0.25) is 0 Å². The molecule has 0 aromatic heterocycles. The summed E-state index contributed by atoms with van der Waals surface area (Å²) in [5.41, 5.74) is 12.0. The van der Waals surface area contributed by atoms with Gasteiger partial charge in [0, 0.05) is 6.54 Å². The number of unbranched alkanes of at least 4 members (excludes halogenated alkanes) is 1. The van der Waals surface area contributed by atoms with Gasteiger partial charge >= 0.3 is 5.97 Å². The number of rotatable bonds is 9. The molecule has 1 rings (SSSR count). The van der Waals surface area contributed by atoms with Crippen LogP contribution in [-0.2, 0) is 4.74 Å². The second-order valence-electron chi connectivity index (χ2n) is 5.44. The summed E-state index contributed by atoms with van der Waals surface area (Å²) in [4.78, 5) is 12.4. The minimum Gasteiger partial charge on any atom is -0.491 e. The lowest BCUT2D eigenvalue weighted by Gasteiger charge is -2.30. The third-order valence-corrected chi connectivity index (χ3v) is 3.97. The van der Waals surface area contributed by atoms with Crippen molar-refractivity contribution in [1.29, 1.82) is 0 Å². The molecule has 0 atom stereocenters. The third kappa shape index (κ3) is 4.63. The first-order valence-corrected chi connectivity index (χ1v) is 7.97. The minimum atomic E-state index is -0.609. The van der Waals surface area contributed by atoms with E-state index in [-0.39, 0.29) is 0 Å². The summed E-state index contributed by atoms with van der Waals surface area (Å²) in [7, 11) is 0. The van der Waals surface area contributed by atoms with E-state index >= 15 is 0 Å². The Morgan fingerprint density at radius 2 is 1.91 bits per heavy atom. The molecule has 5 heteroatoms. The smallest absolute Gasteiger partial charge is 0.338 e. The number of carbonyl (C=O) groups is 1. The summed E-state index contributed by atoms with van der Waals surface area (Å²) in [5.74, 6) is 0.128. The monoisotopic (exact) mass is 308 g/mol. The van der Waals surface area contributed by atoms with Crippen LogP contribution in [0.3, 0.4) is 0 Å². The first kappa shape index (κ1) is 18.3. The highest BCUT2D eigenvalue weighted by molar-refractivity contribution is 5.91. The van der Waals surface area contributed by atoms with Crippen molar-refractivity contribution in [1.82, 2.24) is 0 Å². The number of benzene rings is 1. The molecule has 0 bridgehead atoms. The molecule has 0 aliphatic carbocycles. The normalized spacial score (nSPS) is 11.3. The first-order valence-electron chi connectivity index (χ1n) is 7.97. The molecule has 0 heterocycles. The molecule has 0 radical (unpaired) electrons. The number of hydrogen-bond acceptors (Lipinski definition) is 5. The average molecular weight is 308 g/mol. The number of carbonyl (C=O) groups excluding carboxylic acids is 1. The van der Waals surface area contributed by atoms with Crippen molar-refractivity contribution >= 4 is 11.7 Å². The lowest BCUT2D eigenvalue weighted by molar-refractivity contribution is -0.0181. The second kappa shape index (κ2) is 8.63. The Bertz CT molecular complexity index is 477. The standard InChI is InChI=1S/C17H28N2O3/c1-4-7-10-21-15-11-13(8-9-14(15)19)16(20)22-17(5-2,6-3)12-18/h8-9,11H,4-7,10,12,18-19H2,1-3H3. The van der Waals surface area contributed by atoms with Crippen molar-refractivity contribution < 1.29 is 14.3 Å². The maximum atomic E-state index is 12.4. The van der Waals surface area contributed by atoms with Crippen molar-refractivity contribution in [3.05, 3.63) is 23.8 Å². The summed E-state index contributed by atoms with van der Waals surface area (Å²) in [6.45, 7) is 6.90. The molecule has 0 aliphatic rings. The van der Waals surface area contributed by atoms with Crippen LogP contribution in [0.5, 0.6) is 5.75 Å². The Morgan fingerprint density at radius 3 is 2.45 bits per heavy atom. The number of esters is 1. The molecule has 22 heavy (non-hydrogen) atoms. The summed E-state index contributed by atoms with van der Waals surface area (Å²) in [6.07, 6.45) is 3.34. The summed E-state index contributed by atoms with van der Waals surface area (Å²) < 4.78 is 11.3. The maximum absolute atomic E-state index is 12.4. The maximum Gasteiger partial charge on any atom is 0.338 e. The molecule has 0 amide bonds. The summed E-state index contributed by atoms with van der Waals surface area (Å²) >= 11 is 0. The van der Waals surface area contributed by atoms with Crippen LogP contribution in [-0.4, -0.2) is 24.7 Å². The first-order chi connectivity index (χ1) is 10.5. The zero-order valence-electron chi connectivity index (χ0n) is 13.9. The van der Waals surface area contributed by atoms with Gasteiger partial charge in [-0.2, -0.15) is 0 Å². The predicted molar refractivity (Wildman–Crippen MR) is 89.0 cm³/mol. The van der Waals surface area contributed by atoms with Gasteiger partial charge in [-0.3, -0.25) is 0 Å². The average Bonchev–Trinajstić information content (AvgIpc) is 2.54. The Kier molecular flexibility index (Phi) is 7.18. The van der Waals surface area contributed by atoms with E-state index < -0.39 is 11.6 Å². The van der Waals surface area contributed by atoms with Gasteiger partial charge in [-0.15, -0.1) is 0 Å². The summed E-state index contributed by atoms with van der Waals surface area (Å²) in [5, 5.41) is 0. The second-order valence-corrected chi connectivity index (χ2v) is 5.44. The van der Waals surface area contributed by atoms with Crippen LogP contribution in [0.2, 0.25) is 0 Å². The molecule has 0 saturated heterocycles. The lowest BCUT2D eigenvalue weighted by atomic mass is 9.97. The highest BCUT2D eigenvalue weighted by Gasteiger charge is 2.29. The molecule has 4 N–H and O–H groups in total. The van der Waals surface area contributed by atoms with Crippen molar-refractivity contribution in [2.75, 3.05) is 18.9 Å². The van der Waals surface area contributed by atoms with Crippen LogP contribution in [0, 0.1) is 0 Å². The molecule has 1 aromatic carbocycles. The van der Waals surface area contributed by atoms with Crippen LogP contribution in [0.4, 0.5) is 5.69 Å². The van der Waals surface area contributed by atoms with E-state index in [1.807, 2.05) is 13.8 Å². The minimum absolute atomic E-state index is 0.306. The van der Waals surface area contributed by atoms with Crippen LogP contribution in [0.15, 0.2) is 18.2 Å². The number of nitrogens with two attached hydrogens (primary N) is 2. The van der Waals surface area contributed by atoms with E-state index in [2.05, 4.69) is 6.92 Å². The molecular weight excluding hydrogens is 280 g/mol. The van der Waals surface area contributed by atoms with Gasteiger partial charge < -0.3 is 20.9 Å². The van der Waals surface area contributed by atoms with Crippen molar-refractivity contribution in [2.24, 2.45) is 5.73 Å². The largest absolute Gasteiger partial charge is 0.491 e. The van der Waals surface area contributed by atoms with Crippen LogP contribution < -0.4 is 16.2 Å².